The molecule has 0 radical (unpaired) electrons. The minimum Gasteiger partial charge on any atom is -0.506 e. The molecule has 2 rings (SSSR count). The fraction of sp³-hybridized carbons (Fsp3) is 0.267. The summed E-state index contributed by atoms with van der Waals surface area (Å²) < 4.78 is 0. The summed E-state index contributed by atoms with van der Waals surface area (Å²) in [5.74, 6) is 0.198. The van der Waals surface area contributed by atoms with Gasteiger partial charge in [0.2, 0.25) is 0 Å². The van der Waals surface area contributed by atoms with Gasteiger partial charge in [0.05, 0.1) is 18.4 Å². The van der Waals surface area contributed by atoms with Crippen LogP contribution in [0.4, 0.5) is 5.69 Å². The molecule has 0 saturated carbocycles. The van der Waals surface area contributed by atoms with Gasteiger partial charge in [-0.25, -0.2) is 0 Å². The molecular formula is C15H18N2O. The quantitative estimate of drug-likeness (QED) is 0.865. The second-order valence-electron chi connectivity index (χ2n) is 4.32. The SMILES string of the molecule is CCc1cccc(C)c1NCc1ccc(O)cn1. The number of hydrogen-bond donors (Lipinski definition) is 2. The number of anilines is 1. The number of pyridine rings is 1. The highest BCUT2D eigenvalue weighted by Crippen LogP contribution is 2.21. The molecule has 18 heavy (non-hydrogen) atoms. The van der Waals surface area contributed by atoms with E-state index >= 15 is 0 Å². The summed E-state index contributed by atoms with van der Waals surface area (Å²) in [5, 5.41) is 12.6. The zero-order valence-corrected chi connectivity index (χ0v) is 10.8. The van der Waals surface area contributed by atoms with E-state index in [9.17, 15) is 5.11 Å². The molecule has 0 aliphatic carbocycles. The molecule has 0 fully saturated rings. The van der Waals surface area contributed by atoms with Crippen molar-refractivity contribution >= 4 is 5.69 Å². The Morgan fingerprint density at radius 3 is 2.72 bits per heavy atom. The first-order valence-electron chi connectivity index (χ1n) is 6.17. The zero-order chi connectivity index (χ0) is 13.0. The predicted octanol–water partition coefficient (Wildman–Crippen LogP) is 3.27. The van der Waals surface area contributed by atoms with Gasteiger partial charge >= 0.3 is 0 Å². The van der Waals surface area contributed by atoms with Gasteiger partial charge in [-0.2, -0.15) is 0 Å². The molecule has 2 aromatic rings. The number of para-hydroxylation sites is 1. The molecule has 3 nitrogen and oxygen atoms in total. The topological polar surface area (TPSA) is 45.1 Å². The summed E-state index contributed by atoms with van der Waals surface area (Å²) in [6.45, 7) is 4.92. The minimum absolute atomic E-state index is 0.198. The molecular weight excluding hydrogens is 224 g/mol. The lowest BCUT2D eigenvalue weighted by atomic mass is 10.1. The van der Waals surface area contributed by atoms with Crippen molar-refractivity contribution in [1.29, 1.82) is 0 Å². The summed E-state index contributed by atoms with van der Waals surface area (Å²) in [6, 6.07) is 9.80. The van der Waals surface area contributed by atoms with Crippen molar-refractivity contribution in [1.82, 2.24) is 4.98 Å². The maximum Gasteiger partial charge on any atom is 0.133 e. The van der Waals surface area contributed by atoms with Crippen LogP contribution >= 0.6 is 0 Å². The van der Waals surface area contributed by atoms with Gasteiger partial charge in [-0.05, 0) is 36.6 Å². The zero-order valence-electron chi connectivity index (χ0n) is 10.8. The molecule has 0 amide bonds. The molecule has 2 N–H and O–H groups in total. The van der Waals surface area contributed by atoms with Crippen molar-refractivity contribution in [3.63, 3.8) is 0 Å². The van der Waals surface area contributed by atoms with E-state index in [0.29, 0.717) is 6.54 Å². The van der Waals surface area contributed by atoms with Crippen molar-refractivity contribution in [2.24, 2.45) is 0 Å². The van der Waals surface area contributed by atoms with Crippen LogP contribution in [0.5, 0.6) is 5.75 Å². The number of rotatable bonds is 4. The summed E-state index contributed by atoms with van der Waals surface area (Å²) in [6.07, 6.45) is 2.47. The van der Waals surface area contributed by atoms with Crippen molar-refractivity contribution in [2.75, 3.05) is 5.32 Å². The Morgan fingerprint density at radius 1 is 1.22 bits per heavy atom. The van der Waals surface area contributed by atoms with E-state index in [4.69, 9.17) is 0 Å². The molecule has 0 aliphatic rings. The number of aryl methyl sites for hydroxylation is 2. The van der Waals surface area contributed by atoms with E-state index < -0.39 is 0 Å². The van der Waals surface area contributed by atoms with E-state index in [-0.39, 0.29) is 5.75 Å². The summed E-state index contributed by atoms with van der Waals surface area (Å²) in [4.78, 5) is 4.17. The Hall–Kier alpha value is -2.03. The molecule has 1 heterocycles. The highest BCUT2D eigenvalue weighted by molar-refractivity contribution is 5.57. The molecule has 0 saturated heterocycles. The average molecular weight is 242 g/mol. The number of aromatic hydroxyl groups is 1. The highest BCUT2D eigenvalue weighted by atomic mass is 16.3. The highest BCUT2D eigenvalue weighted by Gasteiger charge is 2.04. The lowest BCUT2D eigenvalue weighted by Crippen LogP contribution is -2.05. The van der Waals surface area contributed by atoms with Gasteiger partial charge in [-0.1, -0.05) is 25.1 Å². The Kier molecular flexibility index (Phi) is 3.82. The molecule has 1 aromatic carbocycles. The van der Waals surface area contributed by atoms with Crippen LogP contribution < -0.4 is 5.32 Å². The van der Waals surface area contributed by atoms with Crippen LogP contribution in [0, 0.1) is 6.92 Å². The Bertz CT molecular complexity index is 521. The van der Waals surface area contributed by atoms with E-state index in [2.05, 4.69) is 42.3 Å². The van der Waals surface area contributed by atoms with E-state index in [1.54, 1.807) is 6.07 Å². The summed E-state index contributed by atoms with van der Waals surface area (Å²) in [7, 11) is 0. The van der Waals surface area contributed by atoms with Crippen LogP contribution in [0.2, 0.25) is 0 Å². The smallest absolute Gasteiger partial charge is 0.133 e. The van der Waals surface area contributed by atoms with E-state index in [0.717, 1.165) is 12.1 Å². The number of nitrogens with one attached hydrogen (secondary N) is 1. The van der Waals surface area contributed by atoms with Crippen LogP contribution in [0.1, 0.15) is 23.7 Å². The fourth-order valence-electron chi connectivity index (χ4n) is 1.98. The maximum atomic E-state index is 9.19. The molecule has 3 heteroatoms. The van der Waals surface area contributed by atoms with Gasteiger partial charge in [-0.15, -0.1) is 0 Å². The van der Waals surface area contributed by atoms with Crippen LogP contribution in [-0.4, -0.2) is 10.1 Å². The molecule has 0 aliphatic heterocycles. The molecule has 0 bridgehead atoms. The van der Waals surface area contributed by atoms with Crippen molar-refractivity contribution in [3.8, 4) is 5.75 Å². The normalized spacial score (nSPS) is 10.3. The Morgan fingerprint density at radius 2 is 2.06 bits per heavy atom. The molecule has 1 aromatic heterocycles. The second kappa shape index (κ2) is 5.54. The van der Waals surface area contributed by atoms with Crippen molar-refractivity contribution in [2.45, 2.75) is 26.8 Å². The van der Waals surface area contributed by atoms with Gasteiger partial charge in [0.25, 0.3) is 0 Å². The van der Waals surface area contributed by atoms with Gasteiger partial charge in [0.15, 0.2) is 0 Å². The van der Waals surface area contributed by atoms with E-state index in [1.165, 1.54) is 23.0 Å². The Labute approximate surface area is 108 Å². The third-order valence-corrected chi connectivity index (χ3v) is 3.00. The number of hydrogen-bond acceptors (Lipinski definition) is 3. The first-order valence-corrected chi connectivity index (χ1v) is 6.17. The second-order valence-corrected chi connectivity index (χ2v) is 4.32. The van der Waals surface area contributed by atoms with Gasteiger partial charge < -0.3 is 10.4 Å². The largest absolute Gasteiger partial charge is 0.506 e. The van der Waals surface area contributed by atoms with E-state index in [1.807, 2.05) is 6.07 Å². The summed E-state index contributed by atoms with van der Waals surface area (Å²) >= 11 is 0. The summed E-state index contributed by atoms with van der Waals surface area (Å²) in [5.41, 5.74) is 4.66. The Balaban J connectivity index is 2.12. The number of aromatic nitrogens is 1. The van der Waals surface area contributed by atoms with Crippen molar-refractivity contribution < 1.29 is 5.11 Å². The third kappa shape index (κ3) is 2.80. The standard InChI is InChI=1S/C15H18N2O/c1-3-12-6-4-5-11(2)15(12)17-9-13-7-8-14(18)10-16-13/h4-8,10,17-18H,3,9H2,1-2H3. The lowest BCUT2D eigenvalue weighted by molar-refractivity contribution is 0.472. The first kappa shape index (κ1) is 12.4. The van der Waals surface area contributed by atoms with Gasteiger partial charge in [-0.3, -0.25) is 4.98 Å². The average Bonchev–Trinajstić information content (AvgIpc) is 2.39. The molecule has 0 atom stereocenters. The lowest BCUT2D eigenvalue weighted by Gasteiger charge is -2.13. The minimum atomic E-state index is 0.198. The molecule has 94 valence electrons. The number of nitrogens with zero attached hydrogens (tertiary/aromatic N) is 1. The van der Waals surface area contributed by atoms with Crippen LogP contribution in [0.3, 0.4) is 0 Å². The predicted molar refractivity (Wildman–Crippen MR) is 73.8 cm³/mol. The van der Waals surface area contributed by atoms with Crippen LogP contribution in [-0.2, 0) is 13.0 Å². The molecule has 0 spiro atoms. The maximum absolute atomic E-state index is 9.19. The van der Waals surface area contributed by atoms with Crippen LogP contribution in [0.15, 0.2) is 36.5 Å². The molecule has 0 unspecified atom stereocenters. The fourth-order valence-corrected chi connectivity index (χ4v) is 1.98. The van der Waals surface area contributed by atoms with Gasteiger partial charge in [0, 0.05) is 5.69 Å². The first-order chi connectivity index (χ1) is 8.70. The number of benzene rings is 1. The monoisotopic (exact) mass is 242 g/mol. The van der Waals surface area contributed by atoms with Crippen LogP contribution in [0.25, 0.3) is 0 Å². The van der Waals surface area contributed by atoms with Gasteiger partial charge in [0.1, 0.15) is 5.75 Å². The van der Waals surface area contributed by atoms with Crippen molar-refractivity contribution in [3.05, 3.63) is 53.3 Å². The third-order valence-electron chi connectivity index (χ3n) is 3.00.